The third-order valence-electron chi connectivity index (χ3n) is 1.88. The van der Waals surface area contributed by atoms with Gasteiger partial charge >= 0.3 is 0 Å². The number of rotatable bonds is 5. The number of nitrogens with one attached hydrogen (secondary N) is 1. The molecule has 0 saturated carbocycles. The number of aryl methyl sites for hydroxylation is 1. The van der Waals surface area contributed by atoms with Crippen LogP contribution in [0.3, 0.4) is 0 Å². The fourth-order valence-corrected chi connectivity index (χ4v) is 1.80. The minimum atomic E-state index is 0.660. The summed E-state index contributed by atoms with van der Waals surface area (Å²) in [7, 11) is 0. The Labute approximate surface area is 89.7 Å². The average molecular weight is 211 g/mol. The van der Waals surface area contributed by atoms with Gasteiger partial charge in [0.1, 0.15) is 5.82 Å². The number of hydrogen-bond donors (Lipinski definition) is 1. The van der Waals surface area contributed by atoms with E-state index in [-0.39, 0.29) is 0 Å². The molecule has 4 heteroatoms. The lowest BCUT2D eigenvalue weighted by atomic mass is 10.2. The Morgan fingerprint density at radius 3 is 2.79 bits per heavy atom. The lowest BCUT2D eigenvalue weighted by Gasteiger charge is -2.10. The fourth-order valence-electron chi connectivity index (χ4n) is 1.12. The molecule has 0 aromatic carbocycles. The zero-order chi connectivity index (χ0) is 10.4. The van der Waals surface area contributed by atoms with Crippen LogP contribution in [0.2, 0.25) is 0 Å². The molecule has 1 aromatic heterocycles. The number of nitrogens with zero attached hydrogens (tertiary/aromatic N) is 2. The van der Waals surface area contributed by atoms with Crippen LogP contribution in [0.5, 0.6) is 0 Å². The van der Waals surface area contributed by atoms with Gasteiger partial charge in [-0.1, -0.05) is 6.92 Å². The van der Waals surface area contributed by atoms with E-state index in [2.05, 4.69) is 28.7 Å². The molecule has 1 unspecified atom stereocenters. The number of aromatic nitrogens is 2. The number of thioether (sulfide) groups is 1. The van der Waals surface area contributed by atoms with Gasteiger partial charge in [0.25, 0.3) is 0 Å². The Balaban J connectivity index is 2.34. The lowest BCUT2D eigenvalue weighted by molar-refractivity contribution is 0.698. The average Bonchev–Trinajstić information content (AvgIpc) is 2.17. The van der Waals surface area contributed by atoms with Crippen molar-refractivity contribution in [2.75, 3.05) is 23.9 Å². The second kappa shape index (κ2) is 5.86. The zero-order valence-electron chi connectivity index (χ0n) is 8.95. The van der Waals surface area contributed by atoms with E-state index in [4.69, 9.17) is 0 Å². The molecule has 0 saturated heterocycles. The molecular weight excluding hydrogens is 194 g/mol. The maximum absolute atomic E-state index is 4.04. The van der Waals surface area contributed by atoms with Crippen molar-refractivity contribution < 1.29 is 0 Å². The monoisotopic (exact) mass is 211 g/mol. The van der Waals surface area contributed by atoms with Gasteiger partial charge < -0.3 is 5.32 Å². The molecule has 0 amide bonds. The molecule has 14 heavy (non-hydrogen) atoms. The van der Waals surface area contributed by atoms with E-state index in [0.717, 1.165) is 18.1 Å². The van der Waals surface area contributed by atoms with Crippen LogP contribution in [0, 0.1) is 12.8 Å². The highest BCUT2D eigenvalue weighted by atomic mass is 32.2. The summed E-state index contributed by atoms with van der Waals surface area (Å²) in [6.07, 6.45) is 2.13. The van der Waals surface area contributed by atoms with Crippen molar-refractivity contribution in [2.24, 2.45) is 5.92 Å². The van der Waals surface area contributed by atoms with Crippen LogP contribution >= 0.6 is 11.8 Å². The zero-order valence-corrected chi connectivity index (χ0v) is 9.77. The van der Waals surface area contributed by atoms with Crippen LogP contribution in [-0.4, -0.2) is 28.8 Å². The van der Waals surface area contributed by atoms with Crippen molar-refractivity contribution in [1.29, 1.82) is 0 Å². The van der Waals surface area contributed by atoms with Gasteiger partial charge in [-0.05, 0) is 37.0 Å². The maximum Gasteiger partial charge on any atom is 0.148 e. The van der Waals surface area contributed by atoms with E-state index < -0.39 is 0 Å². The van der Waals surface area contributed by atoms with Crippen LogP contribution in [0.25, 0.3) is 0 Å². The Bertz CT molecular complexity index is 261. The SMILES string of the molecule is CSCC(C)CNc1ccc(C)nn1. The number of anilines is 1. The molecule has 1 heterocycles. The molecule has 0 bridgehead atoms. The number of hydrogen-bond acceptors (Lipinski definition) is 4. The molecule has 0 aliphatic rings. The van der Waals surface area contributed by atoms with Gasteiger partial charge in [0.05, 0.1) is 5.69 Å². The standard InChI is InChI=1S/C10H17N3S/c1-8(7-14-3)6-11-10-5-4-9(2)12-13-10/h4-5,8H,6-7H2,1-3H3,(H,11,13). The molecule has 0 spiro atoms. The van der Waals surface area contributed by atoms with E-state index in [1.807, 2.05) is 30.8 Å². The first-order chi connectivity index (χ1) is 6.72. The Morgan fingerprint density at radius 2 is 2.21 bits per heavy atom. The Hall–Kier alpha value is -0.770. The summed E-state index contributed by atoms with van der Waals surface area (Å²) >= 11 is 1.87. The van der Waals surface area contributed by atoms with Gasteiger partial charge in [0, 0.05) is 6.54 Å². The molecule has 1 aromatic rings. The quantitative estimate of drug-likeness (QED) is 0.810. The first-order valence-electron chi connectivity index (χ1n) is 4.75. The van der Waals surface area contributed by atoms with Crippen molar-refractivity contribution in [2.45, 2.75) is 13.8 Å². The second-order valence-corrected chi connectivity index (χ2v) is 4.41. The van der Waals surface area contributed by atoms with Crippen LogP contribution in [0.15, 0.2) is 12.1 Å². The summed E-state index contributed by atoms with van der Waals surface area (Å²) in [5.74, 6) is 2.70. The summed E-state index contributed by atoms with van der Waals surface area (Å²) in [6, 6.07) is 3.93. The topological polar surface area (TPSA) is 37.8 Å². The van der Waals surface area contributed by atoms with Gasteiger partial charge in [-0.15, -0.1) is 5.10 Å². The molecule has 1 rings (SSSR count). The van der Waals surface area contributed by atoms with Gasteiger partial charge in [0.15, 0.2) is 0 Å². The third-order valence-corrected chi connectivity index (χ3v) is 2.78. The van der Waals surface area contributed by atoms with E-state index >= 15 is 0 Å². The summed E-state index contributed by atoms with van der Waals surface area (Å²) in [6.45, 7) is 5.12. The first-order valence-corrected chi connectivity index (χ1v) is 6.15. The van der Waals surface area contributed by atoms with Gasteiger partial charge in [0.2, 0.25) is 0 Å². The summed E-state index contributed by atoms with van der Waals surface area (Å²) in [5, 5.41) is 11.3. The summed E-state index contributed by atoms with van der Waals surface area (Å²) in [4.78, 5) is 0. The van der Waals surface area contributed by atoms with E-state index in [9.17, 15) is 0 Å². The predicted octanol–water partition coefficient (Wildman–Crippen LogP) is 2.20. The van der Waals surface area contributed by atoms with Crippen LogP contribution in [0.1, 0.15) is 12.6 Å². The van der Waals surface area contributed by atoms with Crippen molar-refractivity contribution in [3.05, 3.63) is 17.8 Å². The largest absolute Gasteiger partial charge is 0.368 e. The minimum Gasteiger partial charge on any atom is -0.368 e. The van der Waals surface area contributed by atoms with Crippen molar-refractivity contribution in [3.8, 4) is 0 Å². The highest BCUT2D eigenvalue weighted by Gasteiger charge is 2.01. The van der Waals surface area contributed by atoms with Crippen LogP contribution in [0.4, 0.5) is 5.82 Å². The van der Waals surface area contributed by atoms with E-state index in [1.165, 1.54) is 5.75 Å². The smallest absolute Gasteiger partial charge is 0.148 e. The van der Waals surface area contributed by atoms with Gasteiger partial charge in [-0.2, -0.15) is 16.9 Å². The molecule has 0 fully saturated rings. The maximum atomic E-state index is 4.04. The second-order valence-electron chi connectivity index (χ2n) is 3.50. The minimum absolute atomic E-state index is 0.660. The molecule has 1 atom stereocenters. The Morgan fingerprint density at radius 1 is 1.43 bits per heavy atom. The first kappa shape index (κ1) is 11.3. The molecule has 0 aliphatic carbocycles. The van der Waals surface area contributed by atoms with Crippen molar-refractivity contribution in [1.82, 2.24) is 10.2 Å². The molecular formula is C10H17N3S. The predicted molar refractivity (Wildman–Crippen MR) is 62.8 cm³/mol. The van der Waals surface area contributed by atoms with Crippen LogP contribution in [-0.2, 0) is 0 Å². The molecule has 1 N–H and O–H groups in total. The van der Waals surface area contributed by atoms with Gasteiger partial charge in [-0.3, -0.25) is 0 Å². The highest BCUT2D eigenvalue weighted by Crippen LogP contribution is 2.06. The summed E-state index contributed by atoms with van der Waals surface area (Å²) in [5.41, 5.74) is 0.952. The fraction of sp³-hybridized carbons (Fsp3) is 0.600. The Kier molecular flexibility index (Phi) is 4.73. The molecule has 0 aliphatic heterocycles. The lowest BCUT2D eigenvalue weighted by Crippen LogP contribution is -2.14. The highest BCUT2D eigenvalue weighted by molar-refractivity contribution is 7.98. The van der Waals surface area contributed by atoms with Gasteiger partial charge in [-0.25, -0.2) is 0 Å². The summed E-state index contributed by atoms with van der Waals surface area (Å²) < 4.78 is 0. The molecule has 0 radical (unpaired) electrons. The normalized spacial score (nSPS) is 12.5. The van der Waals surface area contributed by atoms with E-state index in [1.54, 1.807) is 0 Å². The van der Waals surface area contributed by atoms with Crippen LogP contribution < -0.4 is 5.32 Å². The molecule has 78 valence electrons. The third kappa shape index (κ3) is 3.96. The molecule has 3 nitrogen and oxygen atoms in total. The van der Waals surface area contributed by atoms with Crippen molar-refractivity contribution in [3.63, 3.8) is 0 Å². The van der Waals surface area contributed by atoms with E-state index in [0.29, 0.717) is 5.92 Å². The van der Waals surface area contributed by atoms with Crippen molar-refractivity contribution >= 4 is 17.6 Å².